The van der Waals surface area contributed by atoms with Crippen molar-refractivity contribution in [3.05, 3.63) is 15.6 Å². The number of aryl methyl sites for hydroxylation is 2. The number of nitrogens with zero attached hydrogens (tertiary/aromatic N) is 1. The average Bonchev–Trinajstić information content (AvgIpc) is 2.60. The van der Waals surface area contributed by atoms with Gasteiger partial charge < -0.3 is 5.32 Å². The van der Waals surface area contributed by atoms with Crippen LogP contribution in [0, 0.1) is 6.92 Å². The van der Waals surface area contributed by atoms with Crippen LogP contribution in [0.4, 0.5) is 0 Å². The molecule has 0 aliphatic heterocycles. The highest BCUT2D eigenvalue weighted by atomic mass is 32.2. The summed E-state index contributed by atoms with van der Waals surface area (Å²) in [7, 11) is 0. The van der Waals surface area contributed by atoms with E-state index in [2.05, 4.69) is 44.3 Å². The van der Waals surface area contributed by atoms with E-state index in [9.17, 15) is 0 Å². The first kappa shape index (κ1) is 14.0. The first-order valence-corrected chi connectivity index (χ1v) is 8.00. The second-order valence-corrected chi connectivity index (χ2v) is 6.18. The zero-order valence-corrected chi connectivity index (χ0v) is 12.5. The predicted molar refractivity (Wildman–Crippen MR) is 75.6 cm³/mol. The van der Waals surface area contributed by atoms with Gasteiger partial charge in [0.15, 0.2) is 0 Å². The highest BCUT2D eigenvalue weighted by Gasteiger charge is 2.15. The fourth-order valence-corrected chi connectivity index (χ4v) is 3.43. The van der Waals surface area contributed by atoms with Crippen molar-refractivity contribution in [3.8, 4) is 0 Å². The van der Waals surface area contributed by atoms with E-state index >= 15 is 0 Å². The van der Waals surface area contributed by atoms with Gasteiger partial charge in [0.1, 0.15) is 0 Å². The zero-order valence-electron chi connectivity index (χ0n) is 10.8. The van der Waals surface area contributed by atoms with Crippen molar-refractivity contribution in [1.29, 1.82) is 0 Å². The van der Waals surface area contributed by atoms with Crippen LogP contribution in [0.25, 0.3) is 0 Å². The molecule has 0 aliphatic rings. The van der Waals surface area contributed by atoms with Gasteiger partial charge in [0.05, 0.1) is 10.7 Å². The minimum atomic E-state index is 0.417. The van der Waals surface area contributed by atoms with Crippen LogP contribution in [0.2, 0.25) is 0 Å². The van der Waals surface area contributed by atoms with Gasteiger partial charge in [-0.3, -0.25) is 0 Å². The second kappa shape index (κ2) is 6.62. The van der Waals surface area contributed by atoms with E-state index in [1.54, 1.807) is 0 Å². The van der Waals surface area contributed by atoms with E-state index in [0.717, 1.165) is 12.2 Å². The van der Waals surface area contributed by atoms with Gasteiger partial charge >= 0.3 is 0 Å². The Morgan fingerprint density at radius 1 is 1.44 bits per heavy atom. The van der Waals surface area contributed by atoms with Gasteiger partial charge in [-0.15, -0.1) is 11.3 Å². The van der Waals surface area contributed by atoms with Gasteiger partial charge in [0.2, 0.25) is 0 Å². The van der Waals surface area contributed by atoms with Gasteiger partial charge in [0, 0.05) is 22.7 Å². The topological polar surface area (TPSA) is 24.9 Å². The standard InChI is InChI=1S/C12H22N2S2/c1-6-11-14-10(4)12(16-11)9(3)13-8(2)7-15-5/h8-9,13H,6-7H2,1-5H3. The smallest absolute Gasteiger partial charge is 0.0928 e. The number of thioether (sulfide) groups is 1. The van der Waals surface area contributed by atoms with Gasteiger partial charge in [-0.05, 0) is 33.4 Å². The number of hydrogen-bond donors (Lipinski definition) is 1. The summed E-state index contributed by atoms with van der Waals surface area (Å²) in [5, 5.41) is 4.87. The number of aromatic nitrogens is 1. The van der Waals surface area contributed by atoms with E-state index in [1.165, 1.54) is 15.6 Å². The highest BCUT2D eigenvalue weighted by molar-refractivity contribution is 7.98. The number of hydrogen-bond acceptors (Lipinski definition) is 4. The lowest BCUT2D eigenvalue weighted by atomic mass is 10.2. The van der Waals surface area contributed by atoms with Crippen LogP contribution in [0.3, 0.4) is 0 Å². The summed E-state index contributed by atoms with van der Waals surface area (Å²) in [4.78, 5) is 5.97. The van der Waals surface area contributed by atoms with Crippen LogP contribution in [-0.4, -0.2) is 23.0 Å². The molecule has 92 valence electrons. The minimum absolute atomic E-state index is 0.417. The lowest BCUT2D eigenvalue weighted by Gasteiger charge is -2.18. The molecule has 0 aliphatic carbocycles. The molecule has 0 radical (unpaired) electrons. The Kier molecular flexibility index (Phi) is 5.79. The van der Waals surface area contributed by atoms with Gasteiger partial charge in [-0.2, -0.15) is 11.8 Å². The summed E-state index contributed by atoms with van der Waals surface area (Å²) in [6.45, 7) is 8.75. The minimum Gasteiger partial charge on any atom is -0.306 e. The summed E-state index contributed by atoms with van der Waals surface area (Å²) in [5.41, 5.74) is 1.19. The molecule has 16 heavy (non-hydrogen) atoms. The van der Waals surface area contributed by atoms with Crippen molar-refractivity contribution < 1.29 is 0 Å². The SMILES string of the molecule is CCc1nc(C)c(C(C)NC(C)CSC)s1. The lowest BCUT2D eigenvalue weighted by Crippen LogP contribution is -2.30. The number of thiazole rings is 1. The molecule has 1 aromatic heterocycles. The van der Waals surface area contributed by atoms with Crippen LogP contribution in [0.15, 0.2) is 0 Å². The molecule has 0 saturated heterocycles. The lowest BCUT2D eigenvalue weighted by molar-refractivity contribution is 0.515. The average molecular weight is 258 g/mol. The molecule has 0 amide bonds. The van der Waals surface area contributed by atoms with Gasteiger partial charge in [-0.1, -0.05) is 6.92 Å². The molecule has 2 nitrogen and oxygen atoms in total. The number of nitrogens with one attached hydrogen (secondary N) is 1. The summed E-state index contributed by atoms with van der Waals surface area (Å²) in [5.74, 6) is 1.16. The summed E-state index contributed by atoms with van der Waals surface area (Å²) in [6.07, 6.45) is 3.19. The Morgan fingerprint density at radius 3 is 2.62 bits per heavy atom. The Balaban J connectivity index is 2.64. The van der Waals surface area contributed by atoms with E-state index in [4.69, 9.17) is 0 Å². The Bertz CT molecular complexity index is 323. The van der Waals surface area contributed by atoms with E-state index in [1.807, 2.05) is 23.1 Å². The molecule has 1 aromatic rings. The zero-order chi connectivity index (χ0) is 12.1. The molecular weight excluding hydrogens is 236 g/mol. The largest absolute Gasteiger partial charge is 0.306 e. The molecule has 1 N–H and O–H groups in total. The van der Waals surface area contributed by atoms with Crippen LogP contribution in [0.1, 0.15) is 42.4 Å². The van der Waals surface area contributed by atoms with Crippen LogP contribution in [0.5, 0.6) is 0 Å². The predicted octanol–water partition coefficient (Wildman–Crippen LogP) is 3.42. The molecule has 4 heteroatoms. The normalized spacial score (nSPS) is 15.1. The molecule has 0 saturated carbocycles. The fraction of sp³-hybridized carbons (Fsp3) is 0.750. The summed E-state index contributed by atoms with van der Waals surface area (Å²) < 4.78 is 0. The van der Waals surface area contributed by atoms with E-state index < -0.39 is 0 Å². The van der Waals surface area contributed by atoms with Crippen molar-refractivity contribution in [1.82, 2.24) is 10.3 Å². The third-order valence-electron chi connectivity index (χ3n) is 2.52. The maximum absolute atomic E-state index is 4.58. The molecule has 0 bridgehead atoms. The first-order chi connectivity index (χ1) is 7.58. The summed E-state index contributed by atoms with van der Waals surface area (Å²) in [6, 6.07) is 0.969. The third kappa shape index (κ3) is 3.75. The van der Waals surface area contributed by atoms with Crippen LogP contribution in [-0.2, 0) is 6.42 Å². The van der Waals surface area contributed by atoms with Crippen molar-refractivity contribution >= 4 is 23.1 Å². The molecule has 2 atom stereocenters. The molecule has 0 spiro atoms. The Labute approximate surface area is 107 Å². The monoisotopic (exact) mass is 258 g/mol. The number of rotatable bonds is 6. The fourth-order valence-electron chi connectivity index (χ4n) is 1.82. The van der Waals surface area contributed by atoms with Crippen molar-refractivity contribution in [3.63, 3.8) is 0 Å². The molecule has 2 unspecified atom stereocenters. The second-order valence-electron chi connectivity index (χ2n) is 4.16. The molecule has 1 rings (SSSR count). The van der Waals surface area contributed by atoms with Crippen molar-refractivity contribution in [2.75, 3.05) is 12.0 Å². The van der Waals surface area contributed by atoms with E-state index in [0.29, 0.717) is 12.1 Å². The first-order valence-electron chi connectivity index (χ1n) is 5.79. The molecule has 0 aromatic carbocycles. The summed E-state index contributed by atoms with van der Waals surface area (Å²) >= 11 is 3.73. The van der Waals surface area contributed by atoms with Gasteiger partial charge in [0.25, 0.3) is 0 Å². The van der Waals surface area contributed by atoms with Gasteiger partial charge in [-0.25, -0.2) is 4.98 Å². The quantitative estimate of drug-likeness (QED) is 0.846. The molecular formula is C12H22N2S2. The van der Waals surface area contributed by atoms with Crippen LogP contribution >= 0.6 is 23.1 Å². The highest BCUT2D eigenvalue weighted by Crippen LogP contribution is 2.25. The Hall–Kier alpha value is -0.0600. The van der Waals surface area contributed by atoms with Crippen molar-refractivity contribution in [2.24, 2.45) is 0 Å². The maximum atomic E-state index is 4.58. The van der Waals surface area contributed by atoms with Crippen LogP contribution < -0.4 is 5.32 Å². The Morgan fingerprint density at radius 2 is 2.12 bits per heavy atom. The maximum Gasteiger partial charge on any atom is 0.0928 e. The van der Waals surface area contributed by atoms with E-state index in [-0.39, 0.29) is 0 Å². The molecule has 0 fully saturated rings. The molecule has 1 heterocycles. The van der Waals surface area contributed by atoms with Crippen molar-refractivity contribution in [2.45, 2.75) is 46.2 Å². The third-order valence-corrected chi connectivity index (χ3v) is 4.84.